The third kappa shape index (κ3) is 12.9. The highest BCUT2D eigenvalue weighted by Crippen LogP contribution is 2.28. The van der Waals surface area contributed by atoms with E-state index in [1.807, 2.05) is 0 Å². The Morgan fingerprint density at radius 2 is 0.923 bits per heavy atom. The Morgan fingerprint density at radius 1 is 0.615 bits per heavy atom. The molecule has 26 heavy (non-hydrogen) atoms. The fourth-order valence-corrected chi connectivity index (χ4v) is 1.57. The van der Waals surface area contributed by atoms with Crippen LogP contribution >= 0.6 is 69.6 Å². The quantitative estimate of drug-likeness (QED) is 0.241. The molecule has 0 radical (unpaired) electrons. The maximum Gasteiger partial charge on any atom is 0.414 e. The number of rotatable bonds is 7. The molecule has 0 aromatic heterocycles. The Balaban J connectivity index is 3.65. The molecular weight excluding hydrogens is 481 g/mol. The lowest BCUT2D eigenvalue weighted by molar-refractivity contribution is -0.137. The number of hydrogen-bond donors (Lipinski definition) is 2. The zero-order valence-electron chi connectivity index (χ0n) is 13.0. The summed E-state index contributed by atoms with van der Waals surface area (Å²) in [6.07, 6.45) is 0.500. The van der Waals surface area contributed by atoms with Gasteiger partial charge >= 0.3 is 24.1 Å². The molecule has 0 aliphatic heterocycles. The lowest BCUT2D eigenvalue weighted by Crippen LogP contribution is -2.32. The average Bonchev–Trinajstić information content (AvgIpc) is 2.47. The van der Waals surface area contributed by atoms with Crippen molar-refractivity contribution in [2.24, 2.45) is 0 Å². The monoisotopic (exact) mass is 492 g/mol. The van der Waals surface area contributed by atoms with Crippen molar-refractivity contribution in [3.63, 3.8) is 0 Å². The third-order valence-corrected chi connectivity index (χ3v) is 3.40. The normalized spacial score (nSPS) is 11.5. The number of carbonyl (C=O) groups is 4. The summed E-state index contributed by atoms with van der Waals surface area (Å²) in [5, 5.41) is 4.62. The van der Waals surface area contributed by atoms with Gasteiger partial charge in [-0.1, -0.05) is 82.4 Å². The molecule has 0 saturated carbocycles. The van der Waals surface area contributed by atoms with Crippen LogP contribution in [0.4, 0.5) is 9.59 Å². The van der Waals surface area contributed by atoms with Gasteiger partial charge < -0.3 is 20.1 Å². The molecule has 0 rings (SSSR count). The van der Waals surface area contributed by atoms with E-state index in [-0.39, 0.29) is 13.1 Å². The Morgan fingerprint density at radius 3 is 1.19 bits per heavy atom. The zero-order chi connectivity index (χ0) is 20.4. The second-order valence-electron chi connectivity index (χ2n) is 4.62. The van der Waals surface area contributed by atoms with E-state index >= 15 is 0 Å². The fourth-order valence-electron chi connectivity index (χ4n) is 1.34. The molecule has 0 aliphatic carbocycles. The van der Waals surface area contributed by atoms with Crippen LogP contribution in [0.1, 0.15) is 25.7 Å². The minimum Gasteiger partial charge on any atom is -0.373 e. The molecule has 0 heterocycles. The number of carbonyl (C=O) groups excluding carboxylic acids is 4. The largest absolute Gasteiger partial charge is 0.414 e. The average molecular weight is 495 g/mol. The molecule has 0 aromatic rings. The summed E-state index contributed by atoms with van der Waals surface area (Å²) in [5.41, 5.74) is 0. The van der Waals surface area contributed by atoms with Crippen LogP contribution in [-0.4, -0.2) is 44.8 Å². The van der Waals surface area contributed by atoms with Crippen LogP contribution in [0.15, 0.2) is 0 Å². The van der Waals surface area contributed by atoms with E-state index in [1.54, 1.807) is 0 Å². The smallest absolute Gasteiger partial charge is 0.373 e. The van der Waals surface area contributed by atoms with Crippen LogP contribution in [0.2, 0.25) is 0 Å². The van der Waals surface area contributed by atoms with Crippen molar-refractivity contribution in [2.45, 2.75) is 33.3 Å². The Kier molecular flexibility index (Phi) is 12.0. The summed E-state index contributed by atoms with van der Waals surface area (Å²) >= 11 is 31.4. The van der Waals surface area contributed by atoms with Crippen LogP contribution < -0.4 is 10.6 Å². The maximum atomic E-state index is 11.2. The Hall–Kier alpha value is -0.380. The van der Waals surface area contributed by atoms with E-state index in [4.69, 9.17) is 69.6 Å². The molecular formula is C12H14Cl6N2O6. The lowest BCUT2D eigenvalue weighted by atomic mass is 10.2. The van der Waals surface area contributed by atoms with E-state index in [0.717, 1.165) is 0 Å². The summed E-state index contributed by atoms with van der Waals surface area (Å²) in [6, 6.07) is 0. The lowest BCUT2D eigenvalue weighted by Gasteiger charge is -2.10. The second kappa shape index (κ2) is 12.2. The molecule has 0 spiro atoms. The maximum absolute atomic E-state index is 11.2. The highest BCUT2D eigenvalue weighted by molar-refractivity contribution is 6.76. The molecule has 2 amide bonds. The van der Waals surface area contributed by atoms with Crippen LogP contribution in [-0.2, 0) is 19.1 Å². The van der Waals surface area contributed by atoms with Crippen LogP contribution in [0.5, 0.6) is 0 Å². The number of unbranched alkanes of at least 4 members (excludes halogenated alkanes) is 3. The first kappa shape index (κ1) is 25.6. The van der Waals surface area contributed by atoms with Crippen molar-refractivity contribution in [3.8, 4) is 0 Å². The molecule has 14 heteroatoms. The minimum atomic E-state index is -2.32. The van der Waals surface area contributed by atoms with Crippen LogP contribution in [0, 0.1) is 0 Å². The van der Waals surface area contributed by atoms with Gasteiger partial charge in [-0.25, -0.2) is 19.2 Å². The number of nitrogens with one attached hydrogen (secondary N) is 2. The van der Waals surface area contributed by atoms with Gasteiger partial charge in [0.15, 0.2) is 0 Å². The Labute approximate surface area is 179 Å². The molecule has 2 N–H and O–H groups in total. The number of halogens is 6. The standard InChI is InChI=1S/C12H14Cl6N2O6/c13-11(14,15)7(21)25-9(23)19-5-3-1-2-4-6-20-10(24)26-8(22)12(16,17)18/h1-6H2,(H,19,23)(H,20,24). The molecule has 0 fully saturated rings. The number of esters is 2. The van der Waals surface area contributed by atoms with E-state index in [0.29, 0.717) is 25.7 Å². The van der Waals surface area contributed by atoms with E-state index in [9.17, 15) is 19.2 Å². The first-order valence-electron chi connectivity index (χ1n) is 6.97. The van der Waals surface area contributed by atoms with Crippen LogP contribution in [0.3, 0.4) is 0 Å². The van der Waals surface area contributed by atoms with E-state index in [1.165, 1.54) is 0 Å². The predicted octanol–water partition coefficient (Wildman–Crippen LogP) is 3.79. The third-order valence-electron chi connectivity index (χ3n) is 2.48. The summed E-state index contributed by atoms with van der Waals surface area (Å²) < 4.78 is 3.83. The van der Waals surface area contributed by atoms with Crippen molar-refractivity contribution in [3.05, 3.63) is 0 Å². The van der Waals surface area contributed by atoms with E-state index < -0.39 is 31.7 Å². The molecule has 0 unspecified atom stereocenters. The summed E-state index contributed by atoms with van der Waals surface area (Å²) in [7, 11) is 0. The van der Waals surface area contributed by atoms with Gasteiger partial charge in [-0.05, 0) is 12.8 Å². The molecule has 0 aromatic carbocycles. The van der Waals surface area contributed by atoms with Crippen molar-refractivity contribution in [2.75, 3.05) is 13.1 Å². The molecule has 0 atom stereocenters. The van der Waals surface area contributed by atoms with Crippen molar-refractivity contribution in [1.82, 2.24) is 10.6 Å². The van der Waals surface area contributed by atoms with Gasteiger partial charge in [0.1, 0.15) is 0 Å². The van der Waals surface area contributed by atoms with Gasteiger partial charge in [0.05, 0.1) is 0 Å². The molecule has 150 valence electrons. The number of ether oxygens (including phenoxy) is 2. The van der Waals surface area contributed by atoms with Crippen molar-refractivity contribution in [1.29, 1.82) is 0 Å². The number of amides is 2. The van der Waals surface area contributed by atoms with E-state index in [2.05, 4.69) is 20.1 Å². The summed E-state index contributed by atoms with van der Waals surface area (Å²) in [5.74, 6) is -2.60. The first-order valence-corrected chi connectivity index (χ1v) is 9.24. The van der Waals surface area contributed by atoms with Gasteiger partial charge in [0, 0.05) is 13.1 Å². The molecule has 8 nitrogen and oxygen atoms in total. The Bertz CT molecular complexity index is 473. The topological polar surface area (TPSA) is 111 Å². The second-order valence-corrected chi connectivity index (χ2v) is 9.18. The predicted molar refractivity (Wildman–Crippen MR) is 98.0 cm³/mol. The first-order chi connectivity index (χ1) is 11.8. The van der Waals surface area contributed by atoms with Crippen molar-refractivity contribution >= 4 is 93.7 Å². The molecule has 0 bridgehead atoms. The van der Waals surface area contributed by atoms with Gasteiger partial charge in [-0.15, -0.1) is 0 Å². The SMILES string of the molecule is O=C(NCCCCCCNC(=O)OC(=O)C(Cl)(Cl)Cl)OC(=O)C(Cl)(Cl)Cl. The summed E-state index contributed by atoms with van der Waals surface area (Å²) in [6.45, 7) is 0.471. The summed E-state index contributed by atoms with van der Waals surface area (Å²) in [4.78, 5) is 44.6. The fraction of sp³-hybridized carbons (Fsp3) is 0.667. The molecule has 0 aliphatic rings. The molecule has 0 saturated heterocycles. The van der Waals surface area contributed by atoms with Crippen LogP contribution in [0.25, 0.3) is 0 Å². The number of hydrogen-bond acceptors (Lipinski definition) is 6. The van der Waals surface area contributed by atoms with Gasteiger partial charge in [-0.2, -0.15) is 0 Å². The zero-order valence-corrected chi connectivity index (χ0v) is 17.5. The van der Waals surface area contributed by atoms with Gasteiger partial charge in [-0.3, -0.25) is 0 Å². The van der Waals surface area contributed by atoms with Crippen molar-refractivity contribution < 1.29 is 28.7 Å². The highest BCUT2D eigenvalue weighted by Gasteiger charge is 2.35. The number of alkyl carbamates (subject to hydrolysis) is 2. The van der Waals surface area contributed by atoms with Gasteiger partial charge in [0.2, 0.25) is 0 Å². The highest BCUT2D eigenvalue weighted by atomic mass is 35.6. The minimum absolute atomic E-state index is 0.235. The van der Waals surface area contributed by atoms with Gasteiger partial charge in [0.25, 0.3) is 7.59 Å². The number of alkyl halides is 6.